The molecule has 0 saturated carbocycles. The van der Waals surface area contributed by atoms with Gasteiger partial charge in [0.2, 0.25) is 0 Å². The normalized spacial score (nSPS) is 11.6. The van der Waals surface area contributed by atoms with Gasteiger partial charge in [0.1, 0.15) is 23.7 Å². The van der Waals surface area contributed by atoms with Crippen molar-refractivity contribution in [2.45, 2.75) is 46.8 Å². The van der Waals surface area contributed by atoms with Crippen molar-refractivity contribution in [1.29, 1.82) is 0 Å². The van der Waals surface area contributed by atoms with Gasteiger partial charge in [-0.05, 0) is 50.5 Å². The van der Waals surface area contributed by atoms with Gasteiger partial charge in [-0.15, -0.1) is 0 Å². The third-order valence-electron chi connectivity index (χ3n) is 5.26. The molecule has 1 heterocycles. The van der Waals surface area contributed by atoms with Crippen molar-refractivity contribution in [2.24, 2.45) is 0 Å². The number of carbonyl (C=O) groups excluding carboxylic acids is 2. The molecule has 0 bridgehead atoms. The Morgan fingerprint density at radius 2 is 1.81 bits per heavy atom. The zero-order valence-corrected chi connectivity index (χ0v) is 18.8. The summed E-state index contributed by atoms with van der Waals surface area (Å²) in [5.74, 6) is 0.0222. The van der Waals surface area contributed by atoms with E-state index in [9.17, 15) is 9.59 Å². The Balaban J connectivity index is 1.55. The summed E-state index contributed by atoms with van der Waals surface area (Å²) in [6.45, 7) is 7.44. The van der Waals surface area contributed by atoms with Crippen molar-refractivity contribution in [1.82, 2.24) is 10.5 Å². The van der Waals surface area contributed by atoms with Crippen LogP contribution in [0.25, 0.3) is 0 Å². The lowest BCUT2D eigenvalue weighted by Crippen LogP contribution is -2.31. The number of benzene rings is 2. The van der Waals surface area contributed by atoms with Crippen LogP contribution in [0.2, 0.25) is 0 Å². The molecule has 3 rings (SSSR count). The van der Waals surface area contributed by atoms with Gasteiger partial charge in [0, 0.05) is 0 Å². The smallest absolute Gasteiger partial charge is 0.342 e. The van der Waals surface area contributed by atoms with Crippen molar-refractivity contribution in [3.8, 4) is 5.75 Å². The highest BCUT2D eigenvalue weighted by molar-refractivity contribution is 5.94. The van der Waals surface area contributed by atoms with Gasteiger partial charge in [-0.3, -0.25) is 4.79 Å². The molecule has 0 aliphatic rings. The number of nitrogens with zero attached hydrogens (tertiary/aromatic N) is 1. The minimum absolute atomic E-state index is 0.197. The highest BCUT2D eigenvalue weighted by Gasteiger charge is 2.18. The maximum absolute atomic E-state index is 12.6. The van der Waals surface area contributed by atoms with Gasteiger partial charge in [0.05, 0.1) is 17.3 Å². The minimum atomic E-state index is -0.630. The van der Waals surface area contributed by atoms with Crippen LogP contribution in [0.3, 0.4) is 0 Å². The number of nitrogens with one attached hydrogen (secondary N) is 1. The molecule has 0 aliphatic heterocycles. The first-order valence-corrected chi connectivity index (χ1v) is 10.6. The first kappa shape index (κ1) is 23.1. The molecule has 32 heavy (non-hydrogen) atoms. The second-order valence-electron chi connectivity index (χ2n) is 7.55. The number of hydrogen-bond acceptors (Lipinski definition) is 6. The monoisotopic (exact) mass is 436 g/mol. The Morgan fingerprint density at radius 1 is 1.09 bits per heavy atom. The first-order valence-electron chi connectivity index (χ1n) is 10.6. The van der Waals surface area contributed by atoms with E-state index in [0.717, 1.165) is 23.2 Å². The average Bonchev–Trinajstić information content (AvgIpc) is 3.13. The molecule has 1 aromatic heterocycles. The Hall–Kier alpha value is -3.61. The summed E-state index contributed by atoms with van der Waals surface area (Å²) in [6.07, 6.45) is 0.959. The molecule has 7 heteroatoms. The third-order valence-corrected chi connectivity index (χ3v) is 5.26. The topological polar surface area (TPSA) is 90.7 Å². The second-order valence-corrected chi connectivity index (χ2v) is 7.55. The van der Waals surface area contributed by atoms with E-state index in [1.807, 2.05) is 38.1 Å². The number of rotatable bonds is 9. The molecule has 0 radical (unpaired) electrons. The predicted octanol–water partition coefficient (Wildman–Crippen LogP) is 4.47. The fourth-order valence-corrected chi connectivity index (χ4v) is 3.24. The highest BCUT2D eigenvalue weighted by atomic mass is 16.5. The van der Waals surface area contributed by atoms with Crippen molar-refractivity contribution >= 4 is 11.9 Å². The van der Waals surface area contributed by atoms with Crippen LogP contribution in [0.4, 0.5) is 0 Å². The lowest BCUT2D eigenvalue weighted by Gasteiger charge is -2.15. The van der Waals surface area contributed by atoms with E-state index in [-0.39, 0.29) is 30.7 Å². The third kappa shape index (κ3) is 5.75. The number of para-hydroxylation sites is 1. The molecule has 0 fully saturated rings. The summed E-state index contributed by atoms with van der Waals surface area (Å²) in [6, 6.07) is 14.6. The summed E-state index contributed by atoms with van der Waals surface area (Å²) in [5.41, 5.74) is 4.03. The number of aryl methyl sites for hydroxylation is 3. The largest absolute Gasteiger partial charge is 0.488 e. The van der Waals surface area contributed by atoms with Crippen LogP contribution in [-0.4, -0.2) is 23.6 Å². The molecule has 1 amide bonds. The van der Waals surface area contributed by atoms with E-state index in [1.165, 1.54) is 5.56 Å². The Bertz CT molecular complexity index is 1050. The quantitative estimate of drug-likeness (QED) is 0.498. The Kier molecular flexibility index (Phi) is 7.65. The lowest BCUT2D eigenvalue weighted by atomic mass is 10.1. The minimum Gasteiger partial charge on any atom is -0.488 e. The van der Waals surface area contributed by atoms with E-state index in [1.54, 1.807) is 31.2 Å². The molecule has 1 N–H and O–H groups in total. The van der Waals surface area contributed by atoms with Crippen molar-refractivity contribution in [3.05, 3.63) is 82.2 Å². The fourth-order valence-electron chi connectivity index (χ4n) is 3.24. The van der Waals surface area contributed by atoms with Gasteiger partial charge >= 0.3 is 5.97 Å². The maximum atomic E-state index is 12.6. The van der Waals surface area contributed by atoms with E-state index in [2.05, 4.69) is 17.4 Å². The first-order chi connectivity index (χ1) is 15.4. The number of ether oxygens (including phenoxy) is 2. The highest BCUT2D eigenvalue weighted by Crippen LogP contribution is 2.22. The van der Waals surface area contributed by atoms with Gasteiger partial charge < -0.3 is 19.3 Å². The van der Waals surface area contributed by atoms with Gasteiger partial charge in [0.25, 0.3) is 5.91 Å². The van der Waals surface area contributed by atoms with Crippen LogP contribution in [0, 0.1) is 13.8 Å². The van der Waals surface area contributed by atoms with Crippen LogP contribution < -0.4 is 10.1 Å². The number of esters is 1. The fraction of sp³-hybridized carbons (Fsp3) is 0.320. The zero-order valence-electron chi connectivity index (χ0n) is 18.8. The molecule has 0 aliphatic carbocycles. The number of aromatic nitrogens is 1. The van der Waals surface area contributed by atoms with Crippen LogP contribution in [0.1, 0.15) is 58.4 Å². The van der Waals surface area contributed by atoms with Crippen LogP contribution in [0.15, 0.2) is 53.1 Å². The molecule has 7 nitrogen and oxygen atoms in total. The Morgan fingerprint density at radius 3 is 2.47 bits per heavy atom. The lowest BCUT2D eigenvalue weighted by molar-refractivity contribution is -0.124. The van der Waals surface area contributed by atoms with E-state index >= 15 is 0 Å². The number of hydrogen-bond donors (Lipinski definition) is 1. The molecular formula is C25H28N2O5. The van der Waals surface area contributed by atoms with Crippen LogP contribution >= 0.6 is 0 Å². The van der Waals surface area contributed by atoms with Gasteiger partial charge in [-0.1, -0.05) is 48.5 Å². The summed E-state index contributed by atoms with van der Waals surface area (Å²) >= 11 is 0. The summed E-state index contributed by atoms with van der Waals surface area (Å²) in [5, 5.41) is 6.74. The summed E-state index contributed by atoms with van der Waals surface area (Å²) in [7, 11) is 0. The van der Waals surface area contributed by atoms with E-state index in [0.29, 0.717) is 11.5 Å². The van der Waals surface area contributed by atoms with Crippen molar-refractivity contribution < 1.29 is 23.6 Å². The number of carbonyl (C=O) groups is 2. The molecule has 0 spiro atoms. The molecule has 2 aromatic carbocycles. The van der Waals surface area contributed by atoms with Gasteiger partial charge in [-0.25, -0.2) is 4.79 Å². The predicted molar refractivity (Wildman–Crippen MR) is 119 cm³/mol. The molecule has 1 atom stereocenters. The zero-order chi connectivity index (χ0) is 23.1. The molecule has 0 saturated heterocycles. The van der Waals surface area contributed by atoms with Crippen molar-refractivity contribution in [3.63, 3.8) is 0 Å². The molecule has 168 valence electrons. The maximum Gasteiger partial charge on any atom is 0.342 e. The second kappa shape index (κ2) is 10.6. The van der Waals surface area contributed by atoms with Crippen LogP contribution in [0.5, 0.6) is 5.75 Å². The van der Waals surface area contributed by atoms with Gasteiger partial charge in [0.15, 0.2) is 6.61 Å². The van der Waals surface area contributed by atoms with Crippen LogP contribution in [-0.2, 0) is 22.6 Å². The Labute approximate surface area is 187 Å². The number of amides is 1. The average molecular weight is 437 g/mol. The molecule has 3 aromatic rings. The van der Waals surface area contributed by atoms with Crippen molar-refractivity contribution in [2.75, 3.05) is 6.61 Å². The summed E-state index contributed by atoms with van der Waals surface area (Å²) < 4.78 is 16.2. The van der Waals surface area contributed by atoms with E-state index < -0.39 is 5.97 Å². The van der Waals surface area contributed by atoms with Gasteiger partial charge in [-0.2, -0.15) is 0 Å². The molecular weight excluding hydrogens is 408 g/mol. The molecule has 1 unspecified atom stereocenters. The SMILES string of the molecule is CCc1ccc(C(C)NC(=O)COC(=O)c2ccccc2OCc2c(C)noc2C)cc1. The summed E-state index contributed by atoms with van der Waals surface area (Å²) in [4.78, 5) is 24.9. The van der Waals surface area contributed by atoms with E-state index in [4.69, 9.17) is 14.0 Å². The standard InChI is InChI=1S/C25H28N2O5/c1-5-19-10-12-20(13-11-19)16(2)26-24(28)15-31-25(29)21-8-6-7-9-23(21)30-14-22-17(3)27-32-18(22)4/h6-13,16H,5,14-15H2,1-4H3,(H,26,28).